The molecule has 6 heteroatoms. The van der Waals surface area contributed by atoms with Gasteiger partial charge < -0.3 is 13.9 Å². The molecule has 0 saturated carbocycles. The number of oxazole rings is 1. The summed E-state index contributed by atoms with van der Waals surface area (Å²) < 4.78 is 17.4. The second-order valence-electron chi connectivity index (χ2n) is 7.08. The van der Waals surface area contributed by atoms with Crippen LogP contribution in [0.5, 0.6) is 11.5 Å². The van der Waals surface area contributed by atoms with E-state index in [9.17, 15) is 4.79 Å². The van der Waals surface area contributed by atoms with E-state index in [1.165, 1.54) is 0 Å². The Morgan fingerprint density at radius 3 is 2.76 bits per heavy atom. The molecule has 0 radical (unpaired) electrons. The number of carbonyl (C=O) groups is 1. The lowest BCUT2D eigenvalue weighted by molar-refractivity contribution is -0.121. The molecule has 4 rings (SSSR count). The molecule has 5 nitrogen and oxygen atoms in total. The number of carbonyl (C=O) groups excluding carboxylic acids is 1. The molecule has 0 saturated heterocycles. The first-order valence-electron chi connectivity index (χ1n) is 9.51. The van der Waals surface area contributed by atoms with Gasteiger partial charge in [-0.1, -0.05) is 24.3 Å². The van der Waals surface area contributed by atoms with Crippen molar-refractivity contribution in [2.24, 2.45) is 5.92 Å². The number of ether oxygens (including phenoxy) is 2. The second kappa shape index (κ2) is 9.18. The molecule has 0 aliphatic carbocycles. The van der Waals surface area contributed by atoms with Gasteiger partial charge in [-0.05, 0) is 44.0 Å². The number of aromatic nitrogens is 1. The number of benzene rings is 2. The maximum atomic E-state index is 11.6. The van der Waals surface area contributed by atoms with Crippen LogP contribution in [0.4, 0.5) is 0 Å². The van der Waals surface area contributed by atoms with Crippen LogP contribution < -0.4 is 9.47 Å². The minimum absolute atomic E-state index is 0. The van der Waals surface area contributed by atoms with Crippen molar-refractivity contribution in [1.29, 1.82) is 0 Å². The van der Waals surface area contributed by atoms with Gasteiger partial charge in [-0.2, -0.15) is 13.5 Å². The normalized spacial score (nSPS) is 15.0. The van der Waals surface area contributed by atoms with Gasteiger partial charge in [0.25, 0.3) is 0 Å². The maximum Gasteiger partial charge on any atom is 0.226 e. The fraction of sp³-hybridized carbons (Fsp3) is 0.304. The van der Waals surface area contributed by atoms with Crippen molar-refractivity contribution in [2.75, 3.05) is 13.2 Å². The zero-order valence-corrected chi connectivity index (χ0v) is 17.6. The van der Waals surface area contributed by atoms with Crippen molar-refractivity contribution < 1.29 is 18.7 Å². The molecule has 152 valence electrons. The van der Waals surface area contributed by atoms with E-state index < -0.39 is 0 Å². The number of fused-ring (bicyclic) bond motifs is 1. The lowest BCUT2D eigenvalue weighted by Gasteiger charge is -2.24. The highest BCUT2D eigenvalue weighted by molar-refractivity contribution is 7.59. The molecule has 0 fully saturated rings. The molecular weight excluding hydrogens is 386 g/mol. The van der Waals surface area contributed by atoms with Crippen LogP contribution in [-0.4, -0.2) is 24.0 Å². The van der Waals surface area contributed by atoms with Crippen LogP contribution >= 0.6 is 13.5 Å². The van der Waals surface area contributed by atoms with Gasteiger partial charge >= 0.3 is 0 Å². The van der Waals surface area contributed by atoms with Gasteiger partial charge in [0, 0.05) is 18.1 Å². The standard InChI is InChI=1S/C23H23NO4.H2S/c1-15(25)19-12-18-8-9-20(13-22(18)27-14-19)26-11-10-21-16(2)28-23(24-21)17-6-4-3-5-7-17;/h3-9,13,19H,10-12,14H2,1-2H3;1H2/t19-;/m0./s1. The van der Waals surface area contributed by atoms with E-state index in [4.69, 9.17) is 13.9 Å². The Balaban J connectivity index is 0.00000240. The highest BCUT2D eigenvalue weighted by atomic mass is 32.1. The molecule has 3 aromatic rings. The summed E-state index contributed by atoms with van der Waals surface area (Å²) in [4.78, 5) is 16.2. The molecule has 0 bridgehead atoms. The van der Waals surface area contributed by atoms with Crippen molar-refractivity contribution in [3.63, 3.8) is 0 Å². The smallest absolute Gasteiger partial charge is 0.226 e. The first kappa shape index (κ1) is 21.0. The maximum absolute atomic E-state index is 11.6. The first-order valence-corrected chi connectivity index (χ1v) is 9.51. The predicted molar refractivity (Wildman–Crippen MR) is 116 cm³/mol. The summed E-state index contributed by atoms with van der Waals surface area (Å²) in [5.41, 5.74) is 2.92. The Morgan fingerprint density at radius 2 is 2.00 bits per heavy atom. The van der Waals surface area contributed by atoms with Crippen LogP contribution in [0.25, 0.3) is 11.5 Å². The fourth-order valence-corrected chi connectivity index (χ4v) is 3.33. The summed E-state index contributed by atoms with van der Waals surface area (Å²) in [7, 11) is 0. The van der Waals surface area contributed by atoms with Gasteiger partial charge in [-0.15, -0.1) is 0 Å². The highest BCUT2D eigenvalue weighted by Gasteiger charge is 2.23. The number of hydrogen-bond donors (Lipinski definition) is 0. The third kappa shape index (κ3) is 4.82. The summed E-state index contributed by atoms with van der Waals surface area (Å²) >= 11 is 0. The molecule has 29 heavy (non-hydrogen) atoms. The average Bonchev–Trinajstić information content (AvgIpc) is 3.09. The lowest BCUT2D eigenvalue weighted by Crippen LogP contribution is -2.26. The lowest BCUT2D eigenvalue weighted by atomic mass is 9.94. The van der Waals surface area contributed by atoms with E-state index in [0.29, 0.717) is 25.5 Å². The molecule has 1 aliphatic rings. The van der Waals surface area contributed by atoms with Crippen molar-refractivity contribution in [3.8, 4) is 23.0 Å². The Hall–Kier alpha value is -2.73. The largest absolute Gasteiger partial charge is 0.493 e. The molecule has 1 aliphatic heterocycles. The molecule has 0 N–H and O–H groups in total. The Bertz CT molecular complexity index is 984. The van der Waals surface area contributed by atoms with Crippen molar-refractivity contribution >= 4 is 19.3 Å². The number of hydrogen-bond acceptors (Lipinski definition) is 5. The quantitative estimate of drug-likeness (QED) is 0.597. The molecule has 0 spiro atoms. The van der Waals surface area contributed by atoms with Gasteiger partial charge in [0.1, 0.15) is 23.0 Å². The van der Waals surface area contributed by atoms with Gasteiger partial charge in [0.05, 0.1) is 24.8 Å². The molecule has 2 aromatic carbocycles. The third-order valence-corrected chi connectivity index (χ3v) is 5.04. The number of rotatable bonds is 6. The van der Waals surface area contributed by atoms with Crippen LogP contribution in [0.1, 0.15) is 23.9 Å². The SMILES string of the molecule is CC(=O)[C@@H]1COc2cc(OCCc3nc(-c4ccccc4)oc3C)ccc2C1.S. The van der Waals surface area contributed by atoms with E-state index in [1.807, 2.05) is 55.5 Å². The minimum Gasteiger partial charge on any atom is -0.493 e. The van der Waals surface area contributed by atoms with Crippen molar-refractivity contribution in [3.05, 3.63) is 65.5 Å². The summed E-state index contributed by atoms with van der Waals surface area (Å²) in [6.45, 7) is 4.47. The monoisotopic (exact) mass is 411 g/mol. The average molecular weight is 412 g/mol. The second-order valence-corrected chi connectivity index (χ2v) is 7.08. The zero-order valence-electron chi connectivity index (χ0n) is 16.6. The molecule has 1 aromatic heterocycles. The van der Waals surface area contributed by atoms with E-state index in [1.54, 1.807) is 6.92 Å². The van der Waals surface area contributed by atoms with Crippen LogP contribution in [0.3, 0.4) is 0 Å². The number of nitrogens with zero attached hydrogens (tertiary/aromatic N) is 1. The molecule has 0 amide bonds. The van der Waals surface area contributed by atoms with Crippen LogP contribution in [0.2, 0.25) is 0 Å². The molecule has 2 heterocycles. The minimum atomic E-state index is -0.0479. The fourth-order valence-electron chi connectivity index (χ4n) is 3.33. The summed E-state index contributed by atoms with van der Waals surface area (Å²) in [6.07, 6.45) is 1.39. The molecule has 1 atom stereocenters. The van der Waals surface area contributed by atoms with E-state index >= 15 is 0 Å². The van der Waals surface area contributed by atoms with Crippen LogP contribution in [0, 0.1) is 12.8 Å². The molecule has 0 unspecified atom stereocenters. The summed E-state index contributed by atoms with van der Waals surface area (Å²) in [6, 6.07) is 15.7. The Morgan fingerprint density at radius 1 is 1.21 bits per heavy atom. The van der Waals surface area contributed by atoms with Gasteiger partial charge in [0.2, 0.25) is 5.89 Å². The number of Topliss-reactive ketones (excluding diaryl/α,β-unsaturated/α-hetero) is 1. The number of aryl methyl sites for hydroxylation is 1. The number of ketones is 1. The third-order valence-electron chi connectivity index (χ3n) is 5.04. The van der Waals surface area contributed by atoms with Gasteiger partial charge in [-0.25, -0.2) is 4.98 Å². The van der Waals surface area contributed by atoms with Crippen LogP contribution in [0.15, 0.2) is 52.9 Å². The van der Waals surface area contributed by atoms with Crippen LogP contribution in [-0.2, 0) is 17.6 Å². The predicted octanol–water partition coefficient (Wildman–Crippen LogP) is 4.52. The van der Waals surface area contributed by atoms with E-state index in [-0.39, 0.29) is 25.2 Å². The summed E-state index contributed by atoms with van der Waals surface area (Å²) in [5.74, 6) is 3.13. The highest BCUT2D eigenvalue weighted by Crippen LogP contribution is 2.31. The topological polar surface area (TPSA) is 61.6 Å². The van der Waals surface area contributed by atoms with Gasteiger partial charge in [-0.3, -0.25) is 4.79 Å². The first-order chi connectivity index (χ1) is 13.6. The van der Waals surface area contributed by atoms with Crippen molar-refractivity contribution in [2.45, 2.75) is 26.7 Å². The summed E-state index contributed by atoms with van der Waals surface area (Å²) in [5, 5.41) is 0. The van der Waals surface area contributed by atoms with Gasteiger partial charge in [0.15, 0.2) is 0 Å². The Kier molecular flexibility index (Phi) is 6.64. The van der Waals surface area contributed by atoms with Crippen molar-refractivity contribution in [1.82, 2.24) is 4.98 Å². The van der Waals surface area contributed by atoms with E-state index in [0.717, 1.165) is 40.5 Å². The van der Waals surface area contributed by atoms with E-state index in [2.05, 4.69) is 4.98 Å². The zero-order chi connectivity index (χ0) is 19.5. The molecular formula is C23H25NO4S. The Labute approximate surface area is 177 Å².